The number of aryl methyl sites for hydroxylation is 1. The number of carbonyl (C=O) groups excluding carboxylic acids is 2. The maximum absolute atomic E-state index is 11.6. The lowest BCUT2D eigenvalue weighted by Gasteiger charge is -2.10. The third-order valence-corrected chi connectivity index (χ3v) is 2.10. The highest BCUT2D eigenvalue weighted by molar-refractivity contribution is 5.97. The molecule has 0 heterocycles. The van der Waals surface area contributed by atoms with E-state index in [1.165, 1.54) is 19.1 Å². The molecule has 0 saturated carbocycles. The molecule has 0 saturated heterocycles. The van der Waals surface area contributed by atoms with Crippen LogP contribution in [0.25, 0.3) is 0 Å². The van der Waals surface area contributed by atoms with Gasteiger partial charge in [0.2, 0.25) is 5.91 Å². The van der Waals surface area contributed by atoms with Gasteiger partial charge in [0.15, 0.2) is 0 Å². The molecule has 1 rings (SSSR count). The van der Waals surface area contributed by atoms with Crippen LogP contribution in [-0.2, 0) is 4.79 Å². The lowest BCUT2D eigenvalue weighted by atomic mass is 10.1. The Kier molecular flexibility index (Phi) is 3.50. The topological polar surface area (TPSA) is 92.4 Å². The SMILES string of the molecule is Cc1cc(O)cc(C(=O)NC(C)C(N)=O)c1. The van der Waals surface area contributed by atoms with Crippen molar-refractivity contribution in [2.24, 2.45) is 5.73 Å². The number of nitrogens with one attached hydrogen (secondary N) is 1. The van der Waals surface area contributed by atoms with Gasteiger partial charge in [0, 0.05) is 5.56 Å². The van der Waals surface area contributed by atoms with Crippen LogP contribution in [0.4, 0.5) is 0 Å². The van der Waals surface area contributed by atoms with Gasteiger partial charge in [-0.25, -0.2) is 0 Å². The Hall–Kier alpha value is -2.04. The highest BCUT2D eigenvalue weighted by Gasteiger charge is 2.14. The summed E-state index contributed by atoms with van der Waals surface area (Å²) < 4.78 is 0. The maximum atomic E-state index is 11.6. The number of phenols is 1. The van der Waals surface area contributed by atoms with E-state index >= 15 is 0 Å². The summed E-state index contributed by atoms with van der Waals surface area (Å²) in [4.78, 5) is 22.4. The van der Waals surface area contributed by atoms with E-state index in [1.54, 1.807) is 13.0 Å². The van der Waals surface area contributed by atoms with Gasteiger partial charge in [-0.3, -0.25) is 9.59 Å². The van der Waals surface area contributed by atoms with Crippen LogP contribution in [0.5, 0.6) is 5.75 Å². The van der Waals surface area contributed by atoms with Crippen LogP contribution in [0, 0.1) is 6.92 Å². The Balaban J connectivity index is 2.84. The summed E-state index contributed by atoms with van der Waals surface area (Å²) in [5.41, 5.74) is 6.08. The standard InChI is InChI=1S/C11H14N2O3/c1-6-3-8(5-9(14)4-6)11(16)13-7(2)10(12)15/h3-5,7,14H,1-2H3,(H2,12,15)(H,13,16). The minimum Gasteiger partial charge on any atom is -0.508 e. The fraction of sp³-hybridized carbons (Fsp3) is 0.273. The molecule has 1 aromatic rings. The van der Waals surface area contributed by atoms with E-state index in [-0.39, 0.29) is 5.75 Å². The van der Waals surface area contributed by atoms with Gasteiger partial charge in [0.1, 0.15) is 11.8 Å². The molecule has 0 radical (unpaired) electrons. The zero-order valence-electron chi connectivity index (χ0n) is 9.15. The number of primary amides is 1. The number of aromatic hydroxyl groups is 1. The second-order valence-electron chi connectivity index (χ2n) is 3.65. The first-order valence-corrected chi connectivity index (χ1v) is 4.81. The molecule has 1 aromatic carbocycles. The number of phenolic OH excluding ortho intramolecular Hbond substituents is 1. The number of hydrogen-bond donors (Lipinski definition) is 3. The highest BCUT2D eigenvalue weighted by Crippen LogP contribution is 2.14. The second-order valence-corrected chi connectivity index (χ2v) is 3.65. The first-order chi connectivity index (χ1) is 7.40. The van der Waals surface area contributed by atoms with Crippen molar-refractivity contribution >= 4 is 11.8 Å². The van der Waals surface area contributed by atoms with Crippen molar-refractivity contribution in [3.8, 4) is 5.75 Å². The van der Waals surface area contributed by atoms with E-state index < -0.39 is 17.9 Å². The predicted octanol–water partition coefficient (Wildman–Crippen LogP) is 0.304. The van der Waals surface area contributed by atoms with E-state index in [4.69, 9.17) is 5.73 Å². The highest BCUT2D eigenvalue weighted by atomic mass is 16.3. The average molecular weight is 222 g/mol. The van der Waals surface area contributed by atoms with Gasteiger partial charge < -0.3 is 16.2 Å². The summed E-state index contributed by atoms with van der Waals surface area (Å²) in [5.74, 6) is -1.03. The van der Waals surface area contributed by atoms with Crippen LogP contribution >= 0.6 is 0 Å². The molecule has 0 aliphatic heterocycles. The van der Waals surface area contributed by atoms with Crippen molar-refractivity contribution in [1.29, 1.82) is 0 Å². The van der Waals surface area contributed by atoms with E-state index in [0.717, 1.165) is 5.56 Å². The molecule has 0 fully saturated rings. The predicted molar refractivity (Wildman–Crippen MR) is 59.0 cm³/mol. The molecule has 1 unspecified atom stereocenters. The lowest BCUT2D eigenvalue weighted by Crippen LogP contribution is -2.42. The van der Waals surface area contributed by atoms with Crippen molar-refractivity contribution in [3.05, 3.63) is 29.3 Å². The minimum absolute atomic E-state index is 0.0110. The Morgan fingerprint density at radius 3 is 2.50 bits per heavy atom. The molecule has 16 heavy (non-hydrogen) atoms. The van der Waals surface area contributed by atoms with Gasteiger partial charge in [-0.1, -0.05) is 0 Å². The molecule has 0 bridgehead atoms. The van der Waals surface area contributed by atoms with E-state index in [2.05, 4.69) is 5.32 Å². The largest absolute Gasteiger partial charge is 0.508 e. The molecule has 5 nitrogen and oxygen atoms in total. The molecule has 2 amide bonds. The number of nitrogens with two attached hydrogens (primary N) is 1. The Labute approximate surface area is 93.3 Å². The van der Waals surface area contributed by atoms with Gasteiger partial charge >= 0.3 is 0 Å². The van der Waals surface area contributed by atoms with Crippen molar-refractivity contribution in [1.82, 2.24) is 5.32 Å². The Bertz CT molecular complexity index is 409. The molecule has 0 spiro atoms. The van der Waals surface area contributed by atoms with Gasteiger partial charge in [-0.15, -0.1) is 0 Å². The molecule has 1 atom stereocenters. The summed E-state index contributed by atoms with van der Waals surface area (Å²) in [6, 6.07) is 3.74. The normalized spacial score (nSPS) is 11.9. The van der Waals surface area contributed by atoms with Crippen LogP contribution in [-0.4, -0.2) is 23.0 Å². The molecule has 0 aromatic heterocycles. The number of benzene rings is 1. The van der Waals surface area contributed by atoms with Crippen LogP contribution in [0.15, 0.2) is 18.2 Å². The van der Waals surface area contributed by atoms with Crippen molar-refractivity contribution in [2.75, 3.05) is 0 Å². The van der Waals surface area contributed by atoms with Crippen LogP contribution in [0.1, 0.15) is 22.8 Å². The maximum Gasteiger partial charge on any atom is 0.252 e. The summed E-state index contributed by atoms with van der Waals surface area (Å²) in [6.07, 6.45) is 0. The van der Waals surface area contributed by atoms with E-state index in [1.807, 2.05) is 0 Å². The number of rotatable bonds is 3. The number of carbonyl (C=O) groups is 2. The lowest BCUT2D eigenvalue weighted by molar-refractivity contribution is -0.119. The van der Waals surface area contributed by atoms with Crippen molar-refractivity contribution in [2.45, 2.75) is 19.9 Å². The number of amides is 2. The summed E-state index contributed by atoms with van der Waals surface area (Å²) in [7, 11) is 0. The van der Waals surface area contributed by atoms with Gasteiger partial charge in [0.25, 0.3) is 5.91 Å². The molecule has 5 heteroatoms. The molecular formula is C11H14N2O3. The summed E-state index contributed by atoms with van der Waals surface area (Å²) >= 11 is 0. The van der Waals surface area contributed by atoms with Crippen LogP contribution < -0.4 is 11.1 Å². The Morgan fingerprint density at radius 1 is 1.38 bits per heavy atom. The second kappa shape index (κ2) is 4.65. The average Bonchev–Trinajstić information content (AvgIpc) is 2.15. The Morgan fingerprint density at radius 2 is 2.00 bits per heavy atom. The first kappa shape index (κ1) is 12.0. The zero-order chi connectivity index (χ0) is 12.3. The van der Waals surface area contributed by atoms with Crippen molar-refractivity contribution in [3.63, 3.8) is 0 Å². The van der Waals surface area contributed by atoms with Gasteiger partial charge in [-0.05, 0) is 37.6 Å². The molecular weight excluding hydrogens is 208 g/mol. The quantitative estimate of drug-likeness (QED) is 0.687. The monoisotopic (exact) mass is 222 g/mol. The minimum atomic E-state index is -0.741. The van der Waals surface area contributed by atoms with E-state index in [9.17, 15) is 14.7 Å². The molecule has 4 N–H and O–H groups in total. The molecule has 0 aliphatic carbocycles. The van der Waals surface area contributed by atoms with E-state index in [0.29, 0.717) is 5.56 Å². The van der Waals surface area contributed by atoms with Gasteiger partial charge in [0.05, 0.1) is 0 Å². The zero-order valence-corrected chi connectivity index (χ0v) is 9.15. The van der Waals surface area contributed by atoms with Crippen molar-refractivity contribution < 1.29 is 14.7 Å². The number of hydrogen-bond acceptors (Lipinski definition) is 3. The molecule has 0 aliphatic rings. The fourth-order valence-corrected chi connectivity index (χ4v) is 1.25. The van der Waals surface area contributed by atoms with Crippen LogP contribution in [0.2, 0.25) is 0 Å². The van der Waals surface area contributed by atoms with Gasteiger partial charge in [-0.2, -0.15) is 0 Å². The summed E-state index contributed by atoms with van der Waals surface area (Å²) in [5, 5.41) is 11.7. The first-order valence-electron chi connectivity index (χ1n) is 4.81. The third kappa shape index (κ3) is 2.98. The smallest absolute Gasteiger partial charge is 0.252 e. The van der Waals surface area contributed by atoms with Crippen LogP contribution in [0.3, 0.4) is 0 Å². The molecule has 86 valence electrons. The summed E-state index contributed by atoms with van der Waals surface area (Å²) in [6.45, 7) is 3.25. The third-order valence-electron chi connectivity index (χ3n) is 2.10. The fourth-order valence-electron chi connectivity index (χ4n) is 1.25.